The monoisotopic (exact) mass is 328 g/mol. The molecule has 20 heavy (non-hydrogen) atoms. The van der Waals surface area contributed by atoms with Crippen molar-refractivity contribution in [3.63, 3.8) is 0 Å². The van der Waals surface area contributed by atoms with E-state index in [1.54, 1.807) is 11.3 Å². The summed E-state index contributed by atoms with van der Waals surface area (Å²) in [5.41, 5.74) is 0. The van der Waals surface area contributed by atoms with Crippen LogP contribution in [0.25, 0.3) is 0 Å². The molecule has 1 aromatic rings. The lowest BCUT2D eigenvalue weighted by atomic mass is 10.1. The van der Waals surface area contributed by atoms with E-state index < -0.39 is 0 Å². The van der Waals surface area contributed by atoms with Gasteiger partial charge in [0.1, 0.15) is 0 Å². The average Bonchev–Trinajstić information content (AvgIpc) is 2.90. The fourth-order valence-corrected chi connectivity index (χ4v) is 3.71. The Morgan fingerprint density at radius 1 is 0.950 bits per heavy atom. The Morgan fingerprint density at radius 2 is 1.50 bits per heavy atom. The summed E-state index contributed by atoms with van der Waals surface area (Å²) in [5.74, 6) is 0. The fraction of sp³-hybridized carbons (Fsp3) is 0.706. The van der Waals surface area contributed by atoms with Crippen LogP contribution in [-0.2, 0) is 6.42 Å². The lowest BCUT2D eigenvalue weighted by molar-refractivity contribution is 0.557. The fourth-order valence-electron chi connectivity index (χ4n) is 2.41. The normalized spacial score (nSPS) is 10.9. The predicted molar refractivity (Wildman–Crippen MR) is 101 cm³/mol. The van der Waals surface area contributed by atoms with E-state index in [4.69, 9.17) is 12.2 Å². The highest BCUT2D eigenvalue weighted by atomic mass is 32.1. The third-order valence-electron chi connectivity index (χ3n) is 3.65. The summed E-state index contributed by atoms with van der Waals surface area (Å²) in [6.07, 6.45) is 15.2. The number of thiophene rings is 1. The largest absolute Gasteiger partial charge is 0.139 e. The first kappa shape index (κ1) is 18.2. The number of thiocarbonyl (C=S) groups is 1. The number of hydrogen-bond acceptors (Lipinski definition) is 2. The molecule has 0 aromatic carbocycles. The van der Waals surface area contributed by atoms with Gasteiger partial charge in [-0.3, -0.25) is 0 Å². The van der Waals surface area contributed by atoms with Crippen LogP contribution in [0.3, 0.4) is 0 Å². The van der Waals surface area contributed by atoms with Crippen molar-refractivity contribution in [2.45, 2.75) is 77.6 Å². The van der Waals surface area contributed by atoms with Crippen molar-refractivity contribution in [3.8, 4) is 0 Å². The Balaban J connectivity index is 1.93. The van der Waals surface area contributed by atoms with E-state index in [1.165, 1.54) is 75.5 Å². The minimum Gasteiger partial charge on any atom is -0.139 e. The molecule has 0 unspecified atom stereocenters. The van der Waals surface area contributed by atoms with Crippen molar-refractivity contribution in [2.24, 2.45) is 0 Å². The van der Waals surface area contributed by atoms with E-state index in [0.717, 1.165) is 9.07 Å². The van der Waals surface area contributed by atoms with Gasteiger partial charge in [-0.2, -0.15) is 0 Å². The quantitative estimate of drug-likeness (QED) is 0.249. The van der Waals surface area contributed by atoms with Crippen LogP contribution in [0.15, 0.2) is 12.1 Å². The second-order valence-electron chi connectivity index (χ2n) is 5.50. The highest BCUT2D eigenvalue weighted by Crippen LogP contribution is 2.21. The topological polar surface area (TPSA) is 0 Å². The highest BCUT2D eigenvalue weighted by Gasteiger charge is 2.02. The number of aryl methyl sites for hydroxylation is 1. The maximum absolute atomic E-state index is 5.07. The van der Waals surface area contributed by atoms with Crippen molar-refractivity contribution in [1.82, 2.24) is 0 Å². The number of rotatable bonds is 12. The van der Waals surface area contributed by atoms with Crippen LogP contribution in [0.1, 0.15) is 80.9 Å². The Kier molecular flexibility index (Phi) is 10.7. The minimum atomic E-state index is 0.726. The highest BCUT2D eigenvalue weighted by molar-refractivity contribution is 8.12. The van der Waals surface area contributed by atoms with Crippen molar-refractivity contribution < 1.29 is 0 Å². The molecule has 0 radical (unpaired) electrons. The molecule has 0 spiro atoms. The molecular weight excluding hydrogens is 300 g/mol. The molecule has 0 bridgehead atoms. The van der Waals surface area contributed by atoms with Crippen LogP contribution < -0.4 is 0 Å². The number of thiol groups is 1. The molecule has 114 valence electrons. The van der Waals surface area contributed by atoms with E-state index in [-0.39, 0.29) is 0 Å². The first-order valence-electron chi connectivity index (χ1n) is 8.06. The van der Waals surface area contributed by atoms with Gasteiger partial charge < -0.3 is 0 Å². The molecule has 1 rings (SSSR count). The minimum absolute atomic E-state index is 0.726. The molecular formula is C17H28S3. The van der Waals surface area contributed by atoms with E-state index in [0.29, 0.717) is 0 Å². The molecule has 0 fully saturated rings. The summed E-state index contributed by atoms with van der Waals surface area (Å²) in [5, 5.41) is 0. The molecule has 0 saturated heterocycles. The molecule has 0 N–H and O–H groups in total. The zero-order chi connectivity index (χ0) is 14.6. The molecule has 3 heteroatoms. The zero-order valence-corrected chi connectivity index (χ0v) is 15.2. The molecule has 0 nitrogen and oxygen atoms in total. The van der Waals surface area contributed by atoms with Gasteiger partial charge in [-0.05, 0) is 25.0 Å². The predicted octanol–water partition coefficient (Wildman–Crippen LogP) is 6.82. The summed E-state index contributed by atoms with van der Waals surface area (Å²) in [7, 11) is 0. The maximum Gasteiger partial charge on any atom is 0.0847 e. The summed E-state index contributed by atoms with van der Waals surface area (Å²) in [4.78, 5) is 2.60. The second-order valence-corrected chi connectivity index (χ2v) is 7.83. The van der Waals surface area contributed by atoms with Gasteiger partial charge in [0.15, 0.2) is 0 Å². The van der Waals surface area contributed by atoms with Crippen LogP contribution in [0.4, 0.5) is 0 Å². The number of unbranched alkanes of at least 4 members (excludes halogenated alkanes) is 9. The smallest absolute Gasteiger partial charge is 0.0847 e. The SMILES string of the molecule is CCCCCCCCCCCCc1ccc(C(=S)S)s1. The van der Waals surface area contributed by atoms with Gasteiger partial charge in [0, 0.05) is 4.88 Å². The van der Waals surface area contributed by atoms with E-state index in [2.05, 4.69) is 31.7 Å². The molecule has 0 atom stereocenters. The number of hydrogen-bond donors (Lipinski definition) is 1. The van der Waals surface area contributed by atoms with Crippen molar-refractivity contribution in [2.75, 3.05) is 0 Å². The van der Waals surface area contributed by atoms with Crippen LogP contribution in [0.2, 0.25) is 0 Å². The molecule has 0 aliphatic carbocycles. The summed E-state index contributed by atoms with van der Waals surface area (Å²) < 4.78 is 0.726. The average molecular weight is 329 g/mol. The first-order chi connectivity index (χ1) is 9.74. The van der Waals surface area contributed by atoms with Gasteiger partial charge in [0.2, 0.25) is 0 Å². The van der Waals surface area contributed by atoms with Gasteiger partial charge >= 0.3 is 0 Å². The molecule has 0 saturated carbocycles. The van der Waals surface area contributed by atoms with E-state index >= 15 is 0 Å². The van der Waals surface area contributed by atoms with Crippen LogP contribution in [-0.4, -0.2) is 4.20 Å². The Morgan fingerprint density at radius 3 is 2.00 bits per heavy atom. The van der Waals surface area contributed by atoms with E-state index in [9.17, 15) is 0 Å². The third kappa shape index (κ3) is 8.43. The Labute approximate surface area is 139 Å². The van der Waals surface area contributed by atoms with Gasteiger partial charge in [-0.25, -0.2) is 0 Å². The third-order valence-corrected chi connectivity index (χ3v) is 5.55. The van der Waals surface area contributed by atoms with Gasteiger partial charge in [-0.1, -0.05) is 76.9 Å². The lowest BCUT2D eigenvalue weighted by Crippen LogP contribution is -1.84. The van der Waals surface area contributed by atoms with Crippen molar-refractivity contribution in [3.05, 3.63) is 21.9 Å². The zero-order valence-electron chi connectivity index (χ0n) is 12.7. The lowest BCUT2D eigenvalue weighted by Gasteiger charge is -2.01. The maximum atomic E-state index is 5.07. The molecule has 0 amide bonds. The van der Waals surface area contributed by atoms with Crippen molar-refractivity contribution in [1.29, 1.82) is 0 Å². The molecule has 1 aromatic heterocycles. The van der Waals surface area contributed by atoms with E-state index in [1.807, 2.05) is 0 Å². The summed E-state index contributed by atoms with van der Waals surface area (Å²) in [6, 6.07) is 4.31. The molecule has 1 heterocycles. The Hall–Kier alpha value is 0.140. The first-order valence-corrected chi connectivity index (χ1v) is 9.73. The molecule has 0 aliphatic heterocycles. The van der Waals surface area contributed by atoms with Gasteiger partial charge in [0.05, 0.1) is 9.07 Å². The standard InChI is InChI=1S/C17H28S3/c1-2-3-4-5-6-7-8-9-10-11-12-15-13-14-16(20-15)17(18)19/h13-14H,2-12H2,1H3,(H,18,19). The van der Waals surface area contributed by atoms with Crippen molar-refractivity contribution >= 4 is 40.4 Å². The second kappa shape index (κ2) is 11.8. The summed E-state index contributed by atoms with van der Waals surface area (Å²) in [6.45, 7) is 2.28. The van der Waals surface area contributed by atoms with Crippen LogP contribution in [0.5, 0.6) is 0 Å². The van der Waals surface area contributed by atoms with Crippen LogP contribution >= 0.6 is 36.2 Å². The molecule has 0 aliphatic rings. The Bertz CT molecular complexity index is 368. The van der Waals surface area contributed by atoms with Gasteiger partial charge in [-0.15, -0.1) is 24.0 Å². The van der Waals surface area contributed by atoms with Gasteiger partial charge in [0.25, 0.3) is 0 Å². The van der Waals surface area contributed by atoms with Crippen LogP contribution in [0, 0.1) is 0 Å². The summed E-state index contributed by atoms with van der Waals surface area (Å²) >= 11 is 11.1.